The molecule has 7 nitrogen and oxygen atoms in total. The number of anilines is 1. The number of para-hydroxylation sites is 1. The highest BCUT2D eigenvalue weighted by molar-refractivity contribution is 9.10. The Bertz CT molecular complexity index is 2160. The largest absolute Gasteiger partial charge is 0.497 e. The Morgan fingerprint density at radius 3 is 2.50 bits per heavy atom. The predicted octanol–water partition coefficient (Wildman–Crippen LogP) is 7.53. The van der Waals surface area contributed by atoms with Crippen LogP contribution in [0.15, 0.2) is 117 Å². The Kier molecular flexibility index (Phi) is 9.47. The quantitative estimate of drug-likeness (QED) is 0.179. The van der Waals surface area contributed by atoms with Crippen LogP contribution in [0.5, 0.6) is 11.5 Å². The van der Waals surface area contributed by atoms with E-state index in [-0.39, 0.29) is 18.1 Å². The molecule has 0 radical (unpaired) electrons. The van der Waals surface area contributed by atoms with Gasteiger partial charge in [-0.2, -0.15) is 0 Å². The molecule has 1 atom stereocenters. The average molecular weight is 735 g/mol. The Hall–Kier alpha value is -4.15. The minimum absolute atomic E-state index is 0.254. The molecule has 0 spiro atoms. The van der Waals surface area contributed by atoms with E-state index in [2.05, 4.69) is 21.2 Å². The summed E-state index contributed by atoms with van der Waals surface area (Å²) < 4.78 is 14.1. The van der Waals surface area contributed by atoms with Gasteiger partial charge in [0.25, 0.3) is 11.5 Å². The number of nitrogens with zero attached hydrogens (tertiary/aromatic N) is 2. The van der Waals surface area contributed by atoms with Crippen LogP contribution in [0.1, 0.15) is 29.7 Å². The Morgan fingerprint density at radius 1 is 1.04 bits per heavy atom. The molecule has 0 bridgehead atoms. The first-order valence-electron chi connectivity index (χ1n) is 14.1. The van der Waals surface area contributed by atoms with E-state index in [4.69, 9.17) is 37.7 Å². The number of carbonyl (C=O) groups excluding carboxylic acids is 1. The van der Waals surface area contributed by atoms with Gasteiger partial charge in [0.1, 0.15) is 18.1 Å². The molecular weight excluding hydrogens is 709 g/mol. The van der Waals surface area contributed by atoms with Gasteiger partial charge in [0.2, 0.25) is 0 Å². The zero-order valence-electron chi connectivity index (χ0n) is 24.6. The molecule has 0 saturated heterocycles. The molecule has 1 aromatic heterocycles. The van der Waals surface area contributed by atoms with Crippen LogP contribution in [0.4, 0.5) is 5.69 Å². The summed E-state index contributed by atoms with van der Waals surface area (Å²) in [6.45, 7) is 2.05. The zero-order chi connectivity index (χ0) is 32.4. The zero-order valence-corrected chi connectivity index (χ0v) is 28.5. The number of methoxy groups -OCH3 is 1. The summed E-state index contributed by atoms with van der Waals surface area (Å²) in [5.41, 5.74) is 3.66. The molecule has 0 fully saturated rings. The number of nitrogens with one attached hydrogen (secondary N) is 1. The second kappa shape index (κ2) is 13.7. The monoisotopic (exact) mass is 733 g/mol. The van der Waals surface area contributed by atoms with E-state index in [9.17, 15) is 9.59 Å². The highest BCUT2D eigenvalue weighted by Crippen LogP contribution is 2.32. The fourth-order valence-corrected chi connectivity index (χ4v) is 7.12. The molecule has 46 heavy (non-hydrogen) atoms. The van der Waals surface area contributed by atoms with Gasteiger partial charge in [0.15, 0.2) is 4.80 Å². The molecule has 0 unspecified atom stereocenters. The Labute approximate surface area is 287 Å². The van der Waals surface area contributed by atoms with Gasteiger partial charge in [-0.3, -0.25) is 14.2 Å². The van der Waals surface area contributed by atoms with Gasteiger partial charge in [0.05, 0.1) is 33.4 Å². The van der Waals surface area contributed by atoms with Crippen molar-refractivity contribution in [3.05, 3.63) is 153 Å². The second-order valence-electron chi connectivity index (χ2n) is 10.4. The van der Waals surface area contributed by atoms with Crippen LogP contribution in [0.25, 0.3) is 6.08 Å². The third-order valence-electron chi connectivity index (χ3n) is 7.38. The third-order valence-corrected chi connectivity index (χ3v) is 9.57. The van der Waals surface area contributed by atoms with Crippen molar-refractivity contribution >= 4 is 68.1 Å². The van der Waals surface area contributed by atoms with Gasteiger partial charge in [0, 0.05) is 21.3 Å². The number of halogens is 3. The Morgan fingerprint density at radius 2 is 1.80 bits per heavy atom. The highest BCUT2D eigenvalue weighted by atomic mass is 79.9. The van der Waals surface area contributed by atoms with Gasteiger partial charge < -0.3 is 14.8 Å². The summed E-state index contributed by atoms with van der Waals surface area (Å²) in [5.74, 6) is 0.956. The maximum Gasteiger partial charge on any atom is 0.271 e. The molecule has 5 aromatic rings. The fraction of sp³-hybridized carbons (Fsp3) is 0.114. The molecule has 4 aromatic carbocycles. The Balaban J connectivity index is 1.36. The molecule has 1 aliphatic heterocycles. The molecule has 1 amide bonds. The fourth-order valence-electron chi connectivity index (χ4n) is 5.10. The molecule has 0 saturated carbocycles. The minimum Gasteiger partial charge on any atom is -0.497 e. The number of fused-ring (bicyclic) bond motifs is 1. The van der Waals surface area contributed by atoms with Gasteiger partial charge in [-0.25, -0.2) is 4.99 Å². The number of hydrogen-bond donors (Lipinski definition) is 1. The first-order valence-corrected chi connectivity index (χ1v) is 16.5. The van der Waals surface area contributed by atoms with Crippen molar-refractivity contribution in [2.24, 2.45) is 4.99 Å². The third kappa shape index (κ3) is 6.69. The molecule has 232 valence electrons. The summed E-state index contributed by atoms with van der Waals surface area (Å²) in [4.78, 5) is 33.0. The van der Waals surface area contributed by atoms with Crippen molar-refractivity contribution in [1.82, 2.24) is 4.57 Å². The van der Waals surface area contributed by atoms with Crippen LogP contribution in [0.3, 0.4) is 0 Å². The number of amides is 1. The van der Waals surface area contributed by atoms with Crippen molar-refractivity contribution in [2.45, 2.75) is 19.6 Å². The molecular formula is C35H26BrCl2N3O4S. The number of aromatic nitrogens is 1. The van der Waals surface area contributed by atoms with Crippen LogP contribution >= 0.6 is 50.5 Å². The lowest BCUT2D eigenvalue weighted by Crippen LogP contribution is -2.40. The number of benzene rings is 4. The van der Waals surface area contributed by atoms with Crippen molar-refractivity contribution in [3.63, 3.8) is 0 Å². The predicted molar refractivity (Wildman–Crippen MR) is 187 cm³/mol. The number of carbonyl (C=O) groups is 1. The van der Waals surface area contributed by atoms with Gasteiger partial charge in [-0.15, -0.1) is 0 Å². The molecule has 1 aliphatic rings. The number of thiazole rings is 1. The number of ether oxygens (including phenoxy) is 2. The lowest BCUT2D eigenvalue weighted by molar-refractivity contribution is -0.113. The first kappa shape index (κ1) is 31.8. The molecule has 2 heterocycles. The standard InChI is InChI=1S/C35H26BrCl2N3O4S/c1-20-31(33(42)40-25-6-4-3-5-7-25)32(22-10-13-26(44-2)14-11-22)41-34(43)30(46-35(41)39-20)17-21-8-15-29(27(36)16-21)45-19-23-9-12-24(37)18-28(23)38/h3-18,32H,19H2,1-2H3,(H,40,42)/b30-17+/t32-/m1/s1. The lowest BCUT2D eigenvalue weighted by Gasteiger charge is -2.25. The summed E-state index contributed by atoms with van der Waals surface area (Å²) in [5, 5.41) is 4.05. The van der Waals surface area contributed by atoms with E-state index in [1.54, 1.807) is 30.7 Å². The average Bonchev–Trinajstić information content (AvgIpc) is 3.34. The van der Waals surface area contributed by atoms with Crippen LogP contribution in [-0.2, 0) is 11.4 Å². The summed E-state index contributed by atoms with van der Waals surface area (Å²) >= 11 is 17.2. The lowest BCUT2D eigenvalue weighted by atomic mass is 9.95. The van der Waals surface area contributed by atoms with E-state index in [0.29, 0.717) is 52.3 Å². The molecule has 1 N–H and O–H groups in total. The van der Waals surface area contributed by atoms with Crippen LogP contribution in [0.2, 0.25) is 10.0 Å². The van der Waals surface area contributed by atoms with Crippen molar-refractivity contribution < 1.29 is 14.3 Å². The van der Waals surface area contributed by atoms with E-state index in [1.807, 2.05) is 84.9 Å². The van der Waals surface area contributed by atoms with Gasteiger partial charge >= 0.3 is 0 Å². The van der Waals surface area contributed by atoms with Gasteiger partial charge in [-0.1, -0.05) is 77.0 Å². The van der Waals surface area contributed by atoms with E-state index >= 15 is 0 Å². The SMILES string of the molecule is COc1ccc([C@@H]2C(C(=O)Nc3ccccc3)=C(C)N=c3s/c(=C/c4ccc(OCc5ccc(Cl)cc5Cl)c(Br)c4)c(=O)n32)cc1. The number of hydrogen-bond acceptors (Lipinski definition) is 6. The van der Waals surface area contributed by atoms with E-state index in [0.717, 1.165) is 16.7 Å². The minimum atomic E-state index is -0.699. The first-order chi connectivity index (χ1) is 22.2. The van der Waals surface area contributed by atoms with Crippen LogP contribution < -0.4 is 29.7 Å². The van der Waals surface area contributed by atoms with E-state index in [1.165, 1.54) is 11.3 Å². The maximum absolute atomic E-state index is 14.1. The van der Waals surface area contributed by atoms with Crippen molar-refractivity contribution in [2.75, 3.05) is 12.4 Å². The molecule has 11 heteroatoms. The normalized spacial score (nSPS) is 14.5. The van der Waals surface area contributed by atoms with Crippen molar-refractivity contribution in [3.8, 4) is 11.5 Å². The van der Waals surface area contributed by atoms with Crippen molar-refractivity contribution in [1.29, 1.82) is 0 Å². The maximum atomic E-state index is 14.1. The summed E-state index contributed by atoms with van der Waals surface area (Å²) in [7, 11) is 1.59. The topological polar surface area (TPSA) is 81.9 Å². The molecule has 0 aliphatic carbocycles. The van der Waals surface area contributed by atoms with E-state index < -0.39 is 6.04 Å². The number of rotatable bonds is 8. The summed E-state index contributed by atoms with van der Waals surface area (Å²) in [6.07, 6.45) is 1.81. The number of allylic oxidation sites excluding steroid dienone is 1. The van der Waals surface area contributed by atoms with Crippen LogP contribution in [-0.4, -0.2) is 17.6 Å². The summed E-state index contributed by atoms with van der Waals surface area (Å²) in [6, 6.07) is 26.7. The molecule has 6 rings (SSSR count). The highest BCUT2D eigenvalue weighted by Gasteiger charge is 2.32. The second-order valence-corrected chi connectivity index (χ2v) is 13.1. The van der Waals surface area contributed by atoms with Crippen LogP contribution in [0, 0.1) is 0 Å². The smallest absolute Gasteiger partial charge is 0.271 e. The van der Waals surface area contributed by atoms with Gasteiger partial charge in [-0.05, 0) is 88.6 Å².